The standard InChI is InChI=1S/C13H11N5O/c14-12(19)18(13-15-7-3-8-16-13)17-9-6-10-4-1-2-5-11(10)17/h1-9H,(H2,14,19). The number of amides is 2. The number of anilines is 1. The average Bonchev–Trinajstić information content (AvgIpc) is 2.84. The number of carbonyl (C=O) groups is 1. The smallest absolute Gasteiger partial charge is 0.341 e. The van der Waals surface area contributed by atoms with Gasteiger partial charge in [-0.05, 0) is 18.2 Å². The summed E-state index contributed by atoms with van der Waals surface area (Å²) < 4.78 is 1.63. The monoisotopic (exact) mass is 253 g/mol. The molecule has 19 heavy (non-hydrogen) atoms. The minimum atomic E-state index is -0.646. The molecule has 0 saturated carbocycles. The van der Waals surface area contributed by atoms with E-state index in [2.05, 4.69) is 9.97 Å². The molecule has 0 aliphatic rings. The first-order valence-electron chi connectivity index (χ1n) is 5.70. The van der Waals surface area contributed by atoms with Gasteiger partial charge in [0.2, 0.25) is 0 Å². The van der Waals surface area contributed by atoms with Gasteiger partial charge in [0.05, 0.1) is 5.52 Å². The third-order valence-corrected chi connectivity index (χ3v) is 2.74. The summed E-state index contributed by atoms with van der Waals surface area (Å²) in [4.78, 5) is 19.8. The summed E-state index contributed by atoms with van der Waals surface area (Å²) in [6.45, 7) is 0. The predicted molar refractivity (Wildman–Crippen MR) is 71.4 cm³/mol. The highest BCUT2D eigenvalue weighted by Gasteiger charge is 2.18. The Morgan fingerprint density at radius 2 is 1.84 bits per heavy atom. The van der Waals surface area contributed by atoms with Crippen molar-refractivity contribution < 1.29 is 4.79 Å². The summed E-state index contributed by atoms with van der Waals surface area (Å²) in [6, 6.07) is 10.6. The van der Waals surface area contributed by atoms with E-state index in [1.165, 1.54) is 5.01 Å². The Bertz CT molecular complexity index is 722. The van der Waals surface area contributed by atoms with Crippen LogP contribution in [0.25, 0.3) is 10.9 Å². The van der Waals surface area contributed by atoms with Crippen LogP contribution in [0.2, 0.25) is 0 Å². The summed E-state index contributed by atoms with van der Waals surface area (Å²) in [7, 11) is 0. The molecule has 0 aliphatic carbocycles. The van der Waals surface area contributed by atoms with Gasteiger partial charge in [-0.15, -0.1) is 0 Å². The first kappa shape index (κ1) is 11.2. The minimum Gasteiger partial charge on any atom is -0.350 e. The van der Waals surface area contributed by atoms with Gasteiger partial charge in [-0.3, -0.25) is 0 Å². The van der Waals surface area contributed by atoms with Gasteiger partial charge in [0.15, 0.2) is 0 Å². The summed E-state index contributed by atoms with van der Waals surface area (Å²) in [6.07, 6.45) is 4.87. The van der Waals surface area contributed by atoms with E-state index >= 15 is 0 Å². The van der Waals surface area contributed by atoms with E-state index in [1.807, 2.05) is 30.3 Å². The zero-order chi connectivity index (χ0) is 13.2. The number of hydrogen-bond acceptors (Lipinski definition) is 3. The number of rotatable bonds is 2. The molecule has 1 aromatic carbocycles. The average molecular weight is 253 g/mol. The van der Waals surface area contributed by atoms with Crippen molar-refractivity contribution in [3.63, 3.8) is 0 Å². The second-order valence-corrected chi connectivity index (χ2v) is 3.92. The molecule has 0 aliphatic heterocycles. The molecule has 0 saturated heterocycles. The van der Waals surface area contributed by atoms with Gasteiger partial charge in [-0.1, -0.05) is 18.2 Å². The molecule has 2 amide bonds. The van der Waals surface area contributed by atoms with E-state index in [9.17, 15) is 4.79 Å². The third kappa shape index (κ3) is 1.89. The molecule has 3 aromatic rings. The summed E-state index contributed by atoms with van der Waals surface area (Å²) in [5, 5.41) is 2.23. The second kappa shape index (κ2) is 4.41. The summed E-state index contributed by atoms with van der Waals surface area (Å²) in [5.74, 6) is 0.233. The molecule has 2 N–H and O–H groups in total. The Kier molecular flexibility index (Phi) is 2.60. The lowest BCUT2D eigenvalue weighted by molar-refractivity contribution is 0.252. The molecule has 6 heteroatoms. The molecule has 0 radical (unpaired) electrons. The maximum atomic E-state index is 11.7. The number of nitrogens with two attached hydrogens (primary N) is 1. The Hall–Kier alpha value is -2.89. The molecule has 6 nitrogen and oxygen atoms in total. The van der Waals surface area contributed by atoms with Gasteiger partial charge in [-0.2, -0.15) is 5.01 Å². The lowest BCUT2D eigenvalue weighted by atomic mass is 10.3. The number of urea groups is 1. The number of benzene rings is 1. The van der Waals surface area contributed by atoms with Crippen molar-refractivity contribution in [1.82, 2.24) is 14.6 Å². The van der Waals surface area contributed by atoms with Gasteiger partial charge >= 0.3 is 6.03 Å². The fourth-order valence-corrected chi connectivity index (χ4v) is 1.94. The topological polar surface area (TPSA) is 77.0 Å². The molecule has 94 valence electrons. The van der Waals surface area contributed by atoms with Gasteiger partial charge in [0.1, 0.15) is 0 Å². The van der Waals surface area contributed by atoms with E-state index in [1.54, 1.807) is 29.3 Å². The van der Waals surface area contributed by atoms with Crippen molar-refractivity contribution in [2.24, 2.45) is 5.73 Å². The van der Waals surface area contributed by atoms with E-state index in [0.29, 0.717) is 0 Å². The number of hydrogen-bond donors (Lipinski definition) is 1. The number of aromatic nitrogens is 3. The molecule has 2 heterocycles. The van der Waals surface area contributed by atoms with Crippen LogP contribution in [0, 0.1) is 0 Å². The highest BCUT2D eigenvalue weighted by molar-refractivity contribution is 5.91. The number of para-hydroxylation sites is 1. The lowest BCUT2D eigenvalue weighted by Gasteiger charge is -2.20. The second-order valence-electron chi connectivity index (χ2n) is 3.92. The number of fused-ring (bicyclic) bond motifs is 1. The fourth-order valence-electron chi connectivity index (χ4n) is 1.94. The Morgan fingerprint density at radius 3 is 2.58 bits per heavy atom. The molecule has 2 aromatic heterocycles. The van der Waals surface area contributed by atoms with Crippen LogP contribution in [0.1, 0.15) is 0 Å². The SMILES string of the molecule is NC(=O)N(c1ncccn1)n1ccc2ccccc21. The van der Waals surface area contributed by atoms with Crippen molar-refractivity contribution in [2.75, 3.05) is 5.01 Å². The normalized spacial score (nSPS) is 10.5. The van der Waals surface area contributed by atoms with Crippen LogP contribution in [0.5, 0.6) is 0 Å². The van der Waals surface area contributed by atoms with E-state index in [-0.39, 0.29) is 5.95 Å². The molecule has 0 unspecified atom stereocenters. The maximum Gasteiger partial charge on any atom is 0.341 e. The minimum absolute atomic E-state index is 0.233. The largest absolute Gasteiger partial charge is 0.350 e. The fraction of sp³-hybridized carbons (Fsp3) is 0. The summed E-state index contributed by atoms with van der Waals surface area (Å²) >= 11 is 0. The zero-order valence-corrected chi connectivity index (χ0v) is 9.97. The molecule has 0 fully saturated rings. The summed E-state index contributed by atoms with van der Waals surface area (Å²) in [5.41, 5.74) is 6.29. The van der Waals surface area contributed by atoms with Crippen LogP contribution < -0.4 is 10.7 Å². The van der Waals surface area contributed by atoms with E-state index in [4.69, 9.17) is 5.73 Å². The van der Waals surface area contributed by atoms with Crippen LogP contribution in [-0.4, -0.2) is 20.7 Å². The number of primary amides is 1. The first-order valence-corrected chi connectivity index (χ1v) is 5.70. The highest BCUT2D eigenvalue weighted by Crippen LogP contribution is 2.18. The van der Waals surface area contributed by atoms with Crippen molar-refractivity contribution >= 4 is 22.9 Å². The van der Waals surface area contributed by atoms with Crippen LogP contribution in [0.3, 0.4) is 0 Å². The molecule has 0 bridgehead atoms. The Morgan fingerprint density at radius 1 is 1.11 bits per heavy atom. The van der Waals surface area contributed by atoms with Crippen LogP contribution in [0.15, 0.2) is 55.0 Å². The van der Waals surface area contributed by atoms with E-state index < -0.39 is 6.03 Å². The number of carbonyl (C=O) groups excluding carboxylic acids is 1. The maximum absolute atomic E-state index is 11.7. The molecular weight excluding hydrogens is 242 g/mol. The molecular formula is C13H11N5O. The Labute approximate surface area is 109 Å². The van der Waals surface area contributed by atoms with Crippen LogP contribution in [0.4, 0.5) is 10.7 Å². The number of nitrogens with zero attached hydrogens (tertiary/aromatic N) is 4. The molecule has 0 atom stereocenters. The van der Waals surface area contributed by atoms with Crippen molar-refractivity contribution in [2.45, 2.75) is 0 Å². The van der Waals surface area contributed by atoms with Crippen molar-refractivity contribution in [3.05, 3.63) is 55.0 Å². The van der Waals surface area contributed by atoms with Crippen molar-refractivity contribution in [1.29, 1.82) is 0 Å². The first-order chi connectivity index (χ1) is 9.27. The van der Waals surface area contributed by atoms with Crippen molar-refractivity contribution in [3.8, 4) is 0 Å². The Balaban J connectivity index is 2.18. The van der Waals surface area contributed by atoms with Crippen LogP contribution >= 0.6 is 0 Å². The van der Waals surface area contributed by atoms with Gasteiger partial charge in [0, 0.05) is 24.0 Å². The van der Waals surface area contributed by atoms with Gasteiger partial charge in [-0.25, -0.2) is 19.4 Å². The lowest BCUT2D eigenvalue weighted by Crippen LogP contribution is -2.40. The molecule has 0 spiro atoms. The highest BCUT2D eigenvalue weighted by atomic mass is 16.2. The zero-order valence-electron chi connectivity index (χ0n) is 9.97. The van der Waals surface area contributed by atoms with Gasteiger partial charge in [0.25, 0.3) is 5.95 Å². The van der Waals surface area contributed by atoms with E-state index in [0.717, 1.165) is 10.9 Å². The van der Waals surface area contributed by atoms with Gasteiger partial charge < -0.3 is 5.73 Å². The van der Waals surface area contributed by atoms with Crippen LogP contribution in [-0.2, 0) is 0 Å². The predicted octanol–water partition coefficient (Wildman–Crippen LogP) is 1.78. The quantitative estimate of drug-likeness (QED) is 0.756. The molecule has 3 rings (SSSR count). The third-order valence-electron chi connectivity index (χ3n) is 2.74.